The lowest BCUT2D eigenvalue weighted by Gasteiger charge is -2.05. The van der Waals surface area contributed by atoms with E-state index >= 15 is 0 Å². The second-order valence-electron chi connectivity index (χ2n) is 6.00. The second-order valence-corrected chi connectivity index (χ2v) is 6.00. The molecule has 0 aromatic heterocycles. The predicted molar refractivity (Wildman–Crippen MR) is 98.1 cm³/mol. The third-order valence-electron chi connectivity index (χ3n) is 4.11. The lowest BCUT2D eigenvalue weighted by atomic mass is 10.0. The average Bonchev–Trinajstić information content (AvgIpc) is 2.54. The number of para-hydroxylation sites is 1. The molecular formula is C21H32O. The van der Waals surface area contributed by atoms with Crippen LogP contribution in [-0.4, -0.2) is 5.11 Å². The van der Waals surface area contributed by atoms with Crippen molar-refractivity contribution in [3.63, 3.8) is 0 Å². The standard InChI is InChI=1S/C21H32O/c1-3-5-6-7-8-9-10-11-12-13-16-19(4-2)20-17-14-15-18-21(20)22/h4,14-18,22H,2-3,5-13H2,1H3. The number of hydrogen-bond acceptors (Lipinski definition) is 1. The SMILES string of the molecule is C=CC(=CCCCCCCCCCCC)c1ccccc1O. The Morgan fingerprint density at radius 3 is 2.14 bits per heavy atom. The van der Waals surface area contributed by atoms with Crippen LogP contribution in [0.25, 0.3) is 5.57 Å². The fourth-order valence-corrected chi connectivity index (χ4v) is 2.73. The highest BCUT2D eigenvalue weighted by atomic mass is 16.3. The molecule has 1 rings (SSSR count). The van der Waals surface area contributed by atoms with Gasteiger partial charge in [0.25, 0.3) is 0 Å². The molecule has 0 aliphatic rings. The number of unbranched alkanes of at least 4 members (excludes halogenated alkanes) is 9. The number of phenolic OH excluding ortho intramolecular Hbond substituents is 1. The molecule has 0 amide bonds. The zero-order chi connectivity index (χ0) is 16.0. The summed E-state index contributed by atoms with van der Waals surface area (Å²) in [5.74, 6) is 0.334. The van der Waals surface area contributed by atoms with Gasteiger partial charge in [0.2, 0.25) is 0 Å². The Bertz CT molecular complexity index is 445. The van der Waals surface area contributed by atoms with Crippen LogP contribution in [0.15, 0.2) is 43.0 Å². The molecule has 122 valence electrons. The molecule has 0 fully saturated rings. The molecule has 0 saturated carbocycles. The summed E-state index contributed by atoms with van der Waals surface area (Å²) in [7, 11) is 0. The summed E-state index contributed by atoms with van der Waals surface area (Å²) in [6.45, 7) is 6.13. The summed E-state index contributed by atoms with van der Waals surface area (Å²) in [6, 6.07) is 7.47. The Hall–Kier alpha value is -1.50. The highest BCUT2D eigenvalue weighted by Gasteiger charge is 2.02. The van der Waals surface area contributed by atoms with Crippen molar-refractivity contribution in [1.29, 1.82) is 0 Å². The Morgan fingerprint density at radius 1 is 0.955 bits per heavy atom. The number of phenols is 1. The highest BCUT2D eigenvalue weighted by Crippen LogP contribution is 2.26. The largest absolute Gasteiger partial charge is 0.507 e. The number of benzene rings is 1. The minimum atomic E-state index is 0.334. The van der Waals surface area contributed by atoms with Crippen LogP contribution in [0.3, 0.4) is 0 Å². The van der Waals surface area contributed by atoms with Gasteiger partial charge in [-0.05, 0) is 24.5 Å². The Labute approximate surface area is 136 Å². The van der Waals surface area contributed by atoms with E-state index in [1.807, 2.05) is 24.3 Å². The molecule has 0 unspecified atom stereocenters. The topological polar surface area (TPSA) is 20.2 Å². The van der Waals surface area contributed by atoms with Crippen molar-refractivity contribution in [2.24, 2.45) is 0 Å². The van der Waals surface area contributed by atoms with Crippen molar-refractivity contribution in [1.82, 2.24) is 0 Å². The fourth-order valence-electron chi connectivity index (χ4n) is 2.73. The summed E-state index contributed by atoms with van der Waals surface area (Å²) >= 11 is 0. The Kier molecular flexibility index (Phi) is 10.2. The lowest BCUT2D eigenvalue weighted by molar-refractivity contribution is 0.473. The monoisotopic (exact) mass is 300 g/mol. The van der Waals surface area contributed by atoms with Gasteiger partial charge in [0.1, 0.15) is 5.75 Å². The third-order valence-corrected chi connectivity index (χ3v) is 4.11. The van der Waals surface area contributed by atoms with Crippen LogP contribution in [0.4, 0.5) is 0 Å². The molecule has 0 heterocycles. The minimum absolute atomic E-state index is 0.334. The molecule has 1 aromatic carbocycles. The van der Waals surface area contributed by atoms with Gasteiger partial charge in [-0.15, -0.1) is 0 Å². The Morgan fingerprint density at radius 2 is 1.55 bits per heavy atom. The first-order valence-electron chi connectivity index (χ1n) is 8.90. The molecule has 1 N–H and O–H groups in total. The van der Waals surface area contributed by atoms with Crippen LogP contribution in [0.5, 0.6) is 5.75 Å². The van der Waals surface area contributed by atoms with E-state index in [2.05, 4.69) is 19.6 Å². The van der Waals surface area contributed by atoms with Crippen molar-refractivity contribution >= 4 is 5.57 Å². The molecule has 0 spiro atoms. The second kappa shape index (κ2) is 12.1. The number of rotatable bonds is 12. The molecule has 0 bridgehead atoms. The maximum absolute atomic E-state index is 9.88. The molecule has 0 radical (unpaired) electrons. The smallest absolute Gasteiger partial charge is 0.123 e. The molecule has 0 aliphatic heterocycles. The first kappa shape index (κ1) is 18.5. The van der Waals surface area contributed by atoms with Crippen molar-refractivity contribution in [2.75, 3.05) is 0 Å². The first-order valence-corrected chi connectivity index (χ1v) is 8.90. The molecule has 1 aromatic rings. The lowest BCUT2D eigenvalue weighted by Crippen LogP contribution is -1.83. The summed E-state index contributed by atoms with van der Waals surface area (Å²) in [4.78, 5) is 0. The van der Waals surface area contributed by atoms with E-state index in [4.69, 9.17) is 0 Å². The van der Waals surface area contributed by atoms with E-state index in [-0.39, 0.29) is 0 Å². The molecule has 22 heavy (non-hydrogen) atoms. The van der Waals surface area contributed by atoms with Gasteiger partial charge in [-0.2, -0.15) is 0 Å². The normalized spacial score (nSPS) is 11.6. The summed E-state index contributed by atoms with van der Waals surface area (Å²) in [6.07, 6.45) is 17.3. The van der Waals surface area contributed by atoms with Crippen molar-refractivity contribution in [3.8, 4) is 5.75 Å². The summed E-state index contributed by atoms with van der Waals surface area (Å²) in [5.41, 5.74) is 1.92. The maximum atomic E-state index is 9.88. The van der Waals surface area contributed by atoms with Crippen molar-refractivity contribution in [2.45, 2.75) is 71.1 Å². The maximum Gasteiger partial charge on any atom is 0.123 e. The molecule has 1 heteroatoms. The van der Waals surface area contributed by atoms with Crippen molar-refractivity contribution in [3.05, 3.63) is 48.6 Å². The molecule has 0 aliphatic carbocycles. The van der Waals surface area contributed by atoms with Crippen molar-refractivity contribution < 1.29 is 5.11 Å². The van der Waals surface area contributed by atoms with Gasteiger partial charge < -0.3 is 5.11 Å². The van der Waals surface area contributed by atoms with Gasteiger partial charge in [-0.1, -0.05) is 95.2 Å². The minimum Gasteiger partial charge on any atom is -0.507 e. The molecular weight excluding hydrogens is 268 g/mol. The van der Waals surface area contributed by atoms with Gasteiger partial charge in [0.05, 0.1) is 0 Å². The first-order chi connectivity index (χ1) is 10.8. The van der Waals surface area contributed by atoms with Gasteiger partial charge in [0.15, 0.2) is 0 Å². The zero-order valence-corrected chi connectivity index (χ0v) is 14.2. The van der Waals surface area contributed by atoms with Gasteiger partial charge >= 0.3 is 0 Å². The van der Waals surface area contributed by atoms with Gasteiger partial charge in [-0.3, -0.25) is 0 Å². The van der Waals surface area contributed by atoms with Gasteiger partial charge in [-0.25, -0.2) is 0 Å². The van der Waals surface area contributed by atoms with E-state index < -0.39 is 0 Å². The number of hydrogen-bond donors (Lipinski definition) is 1. The predicted octanol–water partition coefficient (Wildman–Crippen LogP) is 6.88. The molecule has 1 nitrogen and oxygen atoms in total. The summed E-state index contributed by atoms with van der Waals surface area (Å²) < 4.78 is 0. The number of allylic oxidation sites excluding steroid dienone is 3. The third kappa shape index (κ3) is 7.49. The quantitative estimate of drug-likeness (QED) is 0.329. The fraction of sp³-hybridized carbons (Fsp3) is 0.524. The molecule has 0 atom stereocenters. The van der Waals surface area contributed by atoms with Crippen LogP contribution in [0, 0.1) is 0 Å². The van der Waals surface area contributed by atoms with Crippen LogP contribution in [0.1, 0.15) is 76.7 Å². The van der Waals surface area contributed by atoms with Crippen LogP contribution >= 0.6 is 0 Å². The van der Waals surface area contributed by atoms with E-state index in [0.717, 1.165) is 17.6 Å². The van der Waals surface area contributed by atoms with Crippen LogP contribution < -0.4 is 0 Å². The van der Waals surface area contributed by atoms with Crippen LogP contribution in [0.2, 0.25) is 0 Å². The molecule has 0 saturated heterocycles. The summed E-state index contributed by atoms with van der Waals surface area (Å²) in [5, 5.41) is 9.88. The van der Waals surface area contributed by atoms with E-state index in [1.165, 1.54) is 57.8 Å². The Balaban J connectivity index is 2.19. The van der Waals surface area contributed by atoms with E-state index in [9.17, 15) is 5.11 Å². The van der Waals surface area contributed by atoms with Crippen LogP contribution in [-0.2, 0) is 0 Å². The average molecular weight is 300 g/mol. The van der Waals surface area contributed by atoms with Gasteiger partial charge in [0, 0.05) is 5.56 Å². The van der Waals surface area contributed by atoms with E-state index in [0.29, 0.717) is 5.75 Å². The number of aromatic hydroxyl groups is 1. The highest BCUT2D eigenvalue weighted by molar-refractivity contribution is 5.76. The zero-order valence-electron chi connectivity index (χ0n) is 14.2. The van der Waals surface area contributed by atoms with E-state index in [1.54, 1.807) is 6.07 Å².